The molecule has 16 heavy (non-hydrogen) atoms. The Morgan fingerprint density at radius 2 is 2.19 bits per heavy atom. The number of nitrogens with two attached hydrogens (primary N) is 1. The third-order valence-corrected chi connectivity index (χ3v) is 2.05. The summed E-state index contributed by atoms with van der Waals surface area (Å²) in [5.74, 6) is -0.916. The third-order valence-electron chi connectivity index (χ3n) is 2.05. The predicted molar refractivity (Wildman–Crippen MR) is 59.5 cm³/mol. The monoisotopic (exact) mass is 226 g/mol. The van der Waals surface area contributed by atoms with E-state index in [9.17, 15) is 9.18 Å². The first-order valence-corrected chi connectivity index (χ1v) is 4.89. The molecule has 0 fully saturated rings. The number of rotatable bonds is 3. The van der Waals surface area contributed by atoms with Crippen molar-refractivity contribution in [3.63, 3.8) is 0 Å². The molecular weight excluding hydrogens is 211 g/mol. The van der Waals surface area contributed by atoms with Crippen molar-refractivity contribution < 1.29 is 14.3 Å². The van der Waals surface area contributed by atoms with E-state index < -0.39 is 11.9 Å². The Kier molecular flexibility index (Phi) is 3.84. The Balaban J connectivity index is 2.87. The third kappa shape index (κ3) is 3.20. The number of aliphatic hydroxyl groups is 1. The minimum absolute atomic E-state index is 0.181. The van der Waals surface area contributed by atoms with Gasteiger partial charge in [0.15, 0.2) is 0 Å². The predicted octanol–water partition coefficient (Wildman–Crippen LogP) is 0.861. The van der Waals surface area contributed by atoms with Gasteiger partial charge in [-0.15, -0.1) is 0 Å². The fourth-order valence-electron chi connectivity index (χ4n) is 1.44. The van der Waals surface area contributed by atoms with Crippen LogP contribution in [0.2, 0.25) is 0 Å². The molecule has 0 aliphatic rings. The van der Waals surface area contributed by atoms with Crippen LogP contribution in [0.3, 0.4) is 0 Å². The molecule has 88 valence electrons. The number of anilines is 1. The van der Waals surface area contributed by atoms with Crippen LogP contribution in [-0.2, 0) is 0 Å². The normalized spacial score (nSPS) is 12.2. The molecule has 0 aromatic heterocycles. The summed E-state index contributed by atoms with van der Waals surface area (Å²) < 4.78 is 13.0. The molecular formula is C11H15FN2O2. The number of halogens is 1. The Morgan fingerprint density at radius 1 is 1.56 bits per heavy atom. The Bertz CT molecular complexity index is 373. The number of amides is 1. The van der Waals surface area contributed by atoms with Gasteiger partial charge >= 0.3 is 0 Å². The van der Waals surface area contributed by atoms with Gasteiger partial charge in [-0.25, -0.2) is 4.39 Å². The van der Waals surface area contributed by atoms with Gasteiger partial charge < -0.3 is 15.7 Å². The van der Waals surface area contributed by atoms with Crippen LogP contribution >= 0.6 is 0 Å². The van der Waals surface area contributed by atoms with E-state index in [0.29, 0.717) is 0 Å². The number of hydrogen-bond acceptors (Lipinski definition) is 3. The second-order valence-corrected chi connectivity index (χ2v) is 3.81. The van der Waals surface area contributed by atoms with Crippen LogP contribution in [0.1, 0.15) is 17.3 Å². The van der Waals surface area contributed by atoms with Crippen LogP contribution < -0.4 is 5.73 Å². The lowest BCUT2D eigenvalue weighted by molar-refractivity contribution is 0.0703. The molecule has 1 amide bonds. The molecule has 1 aromatic carbocycles. The maximum absolute atomic E-state index is 13.0. The molecule has 0 bridgehead atoms. The van der Waals surface area contributed by atoms with Crippen molar-refractivity contribution in [3.05, 3.63) is 29.6 Å². The van der Waals surface area contributed by atoms with Gasteiger partial charge in [0.25, 0.3) is 5.91 Å². The average molecular weight is 226 g/mol. The minimum Gasteiger partial charge on any atom is -0.399 e. The van der Waals surface area contributed by atoms with Crippen molar-refractivity contribution in [1.82, 2.24) is 4.90 Å². The van der Waals surface area contributed by atoms with Gasteiger partial charge in [0.05, 0.1) is 6.10 Å². The van der Waals surface area contributed by atoms with Gasteiger partial charge in [-0.05, 0) is 25.1 Å². The highest BCUT2D eigenvalue weighted by molar-refractivity contribution is 5.94. The van der Waals surface area contributed by atoms with Crippen LogP contribution in [-0.4, -0.2) is 35.6 Å². The van der Waals surface area contributed by atoms with Gasteiger partial charge in [-0.2, -0.15) is 0 Å². The summed E-state index contributed by atoms with van der Waals surface area (Å²) in [4.78, 5) is 13.1. The number of carbonyl (C=O) groups excluding carboxylic acids is 1. The van der Waals surface area contributed by atoms with E-state index in [-0.39, 0.29) is 23.7 Å². The number of carbonyl (C=O) groups is 1. The fourth-order valence-corrected chi connectivity index (χ4v) is 1.44. The second kappa shape index (κ2) is 4.94. The number of likely N-dealkylation sites (N-methyl/N-ethyl adjacent to an activating group) is 1. The first-order chi connectivity index (χ1) is 7.40. The number of nitrogen functional groups attached to an aromatic ring is 1. The van der Waals surface area contributed by atoms with Crippen molar-refractivity contribution in [2.75, 3.05) is 19.3 Å². The smallest absolute Gasteiger partial charge is 0.253 e. The number of aliphatic hydroxyl groups excluding tert-OH is 1. The molecule has 0 spiro atoms. The summed E-state index contributed by atoms with van der Waals surface area (Å²) in [5, 5.41) is 9.14. The van der Waals surface area contributed by atoms with E-state index in [4.69, 9.17) is 10.8 Å². The van der Waals surface area contributed by atoms with Gasteiger partial charge in [0.1, 0.15) is 5.82 Å². The Morgan fingerprint density at radius 3 is 2.69 bits per heavy atom. The summed E-state index contributed by atoms with van der Waals surface area (Å²) in [6.07, 6.45) is -0.625. The van der Waals surface area contributed by atoms with Crippen LogP contribution in [0.15, 0.2) is 18.2 Å². The molecule has 1 rings (SSSR count). The largest absolute Gasteiger partial charge is 0.399 e. The molecule has 0 aliphatic carbocycles. The second-order valence-electron chi connectivity index (χ2n) is 3.81. The first-order valence-electron chi connectivity index (χ1n) is 4.89. The van der Waals surface area contributed by atoms with E-state index in [0.717, 1.165) is 12.1 Å². The van der Waals surface area contributed by atoms with E-state index in [1.54, 1.807) is 6.92 Å². The highest BCUT2D eigenvalue weighted by Crippen LogP contribution is 2.12. The molecule has 0 aliphatic heterocycles. The molecule has 0 saturated heterocycles. The number of hydrogen-bond donors (Lipinski definition) is 2. The van der Waals surface area contributed by atoms with E-state index in [2.05, 4.69) is 0 Å². The zero-order valence-electron chi connectivity index (χ0n) is 9.27. The highest BCUT2D eigenvalue weighted by atomic mass is 19.1. The van der Waals surface area contributed by atoms with Crippen molar-refractivity contribution in [1.29, 1.82) is 0 Å². The molecule has 1 unspecified atom stereocenters. The zero-order chi connectivity index (χ0) is 12.3. The lowest BCUT2D eigenvalue weighted by Crippen LogP contribution is -2.33. The van der Waals surface area contributed by atoms with Crippen LogP contribution in [0.5, 0.6) is 0 Å². The van der Waals surface area contributed by atoms with E-state index in [1.807, 2.05) is 0 Å². The van der Waals surface area contributed by atoms with Crippen LogP contribution in [0.25, 0.3) is 0 Å². The molecule has 5 heteroatoms. The zero-order valence-corrected chi connectivity index (χ0v) is 9.27. The van der Waals surface area contributed by atoms with Crippen molar-refractivity contribution in [3.8, 4) is 0 Å². The van der Waals surface area contributed by atoms with E-state index >= 15 is 0 Å². The minimum atomic E-state index is -0.625. The van der Waals surface area contributed by atoms with Crippen LogP contribution in [0.4, 0.5) is 10.1 Å². The Hall–Kier alpha value is -1.62. The molecule has 1 atom stereocenters. The summed E-state index contributed by atoms with van der Waals surface area (Å²) in [5.41, 5.74) is 5.82. The topological polar surface area (TPSA) is 66.6 Å². The quantitative estimate of drug-likeness (QED) is 0.751. The number of nitrogens with zero attached hydrogens (tertiary/aromatic N) is 1. The summed E-state index contributed by atoms with van der Waals surface area (Å²) in [6, 6.07) is 3.67. The van der Waals surface area contributed by atoms with Gasteiger partial charge in [0, 0.05) is 24.8 Å². The lowest BCUT2D eigenvalue weighted by atomic mass is 10.1. The fraction of sp³-hybridized carbons (Fsp3) is 0.364. The van der Waals surface area contributed by atoms with Crippen molar-refractivity contribution in [2.24, 2.45) is 0 Å². The van der Waals surface area contributed by atoms with Gasteiger partial charge in [0.2, 0.25) is 0 Å². The number of benzene rings is 1. The first kappa shape index (κ1) is 12.4. The molecule has 0 heterocycles. The molecule has 1 aromatic rings. The molecule has 0 saturated carbocycles. The SMILES string of the molecule is CC(O)CN(C)C(=O)c1cc(N)cc(F)c1. The maximum atomic E-state index is 13.0. The molecule has 4 nitrogen and oxygen atoms in total. The van der Waals surface area contributed by atoms with E-state index in [1.165, 1.54) is 18.0 Å². The summed E-state index contributed by atoms with van der Waals surface area (Å²) in [7, 11) is 1.54. The summed E-state index contributed by atoms with van der Waals surface area (Å²) >= 11 is 0. The maximum Gasteiger partial charge on any atom is 0.253 e. The van der Waals surface area contributed by atoms with Gasteiger partial charge in [-0.3, -0.25) is 4.79 Å². The van der Waals surface area contributed by atoms with Gasteiger partial charge in [-0.1, -0.05) is 0 Å². The van der Waals surface area contributed by atoms with Crippen LogP contribution in [0, 0.1) is 5.82 Å². The standard InChI is InChI=1S/C11H15FN2O2/c1-7(15)6-14(2)11(16)8-3-9(12)5-10(13)4-8/h3-5,7,15H,6,13H2,1-2H3. The van der Waals surface area contributed by atoms with Crippen molar-refractivity contribution in [2.45, 2.75) is 13.0 Å². The highest BCUT2D eigenvalue weighted by Gasteiger charge is 2.14. The molecule has 3 N–H and O–H groups in total. The Labute approximate surface area is 93.5 Å². The molecule has 0 radical (unpaired) electrons. The average Bonchev–Trinajstić information content (AvgIpc) is 2.13. The lowest BCUT2D eigenvalue weighted by Gasteiger charge is -2.18. The van der Waals surface area contributed by atoms with Crippen molar-refractivity contribution >= 4 is 11.6 Å². The summed E-state index contributed by atoms with van der Waals surface area (Å²) in [6.45, 7) is 1.76.